The van der Waals surface area contributed by atoms with E-state index in [9.17, 15) is 18.4 Å². The smallest absolute Gasteiger partial charge is 0.326 e. The Kier molecular flexibility index (Phi) is 5.00. The highest BCUT2D eigenvalue weighted by Gasteiger charge is 2.22. The number of benzene rings is 1. The highest BCUT2D eigenvalue weighted by molar-refractivity contribution is 6.30. The number of halogens is 3. The maximum atomic E-state index is 13.4. The average Bonchev–Trinajstić information content (AvgIpc) is 2.53. The fraction of sp³-hybridized carbons (Fsp3) is 0.188. The van der Waals surface area contributed by atoms with Gasteiger partial charge in [-0.1, -0.05) is 11.6 Å². The second-order valence-electron chi connectivity index (χ2n) is 5.00. The Labute approximate surface area is 140 Å². The molecule has 1 N–H and O–H groups in total. The minimum absolute atomic E-state index is 0.0738. The van der Waals surface area contributed by atoms with Gasteiger partial charge in [-0.2, -0.15) is 5.26 Å². The molecule has 0 amide bonds. The lowest BCUT2D eigenvalue weighted by atomic mass is 9.97. The van der Waals surface area contributed by atoms with E-state index in [0.717, 1.165) is 12.3 Å². The molecule has 124 valence electrons. The lowest BCUT2D eigenvalue weighted by Gasteiger charge is -2.16. The van der Waals surface area contributed by atoms with Gasteiger partial charge in [0.15, 0.2) is 0 Å². The van der Waals surface area contributed by atoms with Crippen LogP contribution in [0.4, 0.5) is 8.78 Å². The van der Waals surface area contributed by atoms with E-state index in [1.165, 1.54) is 25.1 Å². The Morgan fingerprint density at radius 1 is 1.33 bits per heavy atom. The van der Waals surface area contributed by atoms with Gasteiger partial charge in [0.2, 0.25) is 0 Å². The lowest BCUT2D eigenvalue weighted by Crippen LogP contribution is -2.28. The number of pyridine rings is 1. The summed E-state index contributed by atoms with van der Waals surface area (Å²) in [5.41, 5.74) is -1.31. The minimum atomic E-state index is -2.97. The van der Waals surface area contributed by atoms with Gasteiger partial charge < -0.3 is 9.67 Å². The summed E-state index contributed by atoms with van der Waals surface area (Å²) in [6, 6.07) is 5.55. The van der Waals surface area contributed by atoms with Gasteiger partial charge in [0, 0.05) is 28.4 Å². The van der Waals surface area contributed by atoms with Crippen LogP contribution in [-0.2, 0) is 4.79 Å². The van der Waals surface area contributed by atoms with Gasteiger partial charge in [-0.25, -0.2) is 13.6 Å². The molecule has 2 rings (SSSR count). The maximum Gasteiger partial charge on any atom is 0.326 e. The molecule has 0 fully saturated rings. The first-order valence-corrected chi connectivity index (χ1v) is 7.11. The predicted molar refractivity (Wildman–Crippen MR) is 83.2 cm³/mol. The van der Waals surface area contributed by atoms with Crippen LogP contribution in [0.15, 0.2) is 35.3 Å². The summed E-state index contributed by atoms with van der Waals surface area (Å²) >= 11 is 5.86. The van der Waals surface area contributed by atoms with E-state index in [1.54, 1.807) is 0 Å². The van der Waals surface area contributed by atoms with E-state index in [1.807, 2.05) is 6.07 Å². The van der Waals surface area contributed by atoms with E-state index >= 15 is 0 Å². The van der Waals surface area contributed by atoms with Crippen LogP contribution in [0.2, 0.25) is 5.02 Å². The Balaban J connectivity index is 2.79. The summed E-state index contributed by atoms with van der Waals surface area (Å²) in [5.74, 6) is -1.33. The third-order valence-electron chi connectivity index (χ3n) is 3.51. The molecular weight excluding hydrogens is 342 g/mol. The monoisotopic (exact) mass is 352 g/mol. The van der Waals surface area contributed by atoms with E-state index < -0.39 is 29.6 Å². The molecule has 0 spiro atoms. The molecule has 1 atom stereocenters. The molecule has 1 aromatic heterocycles. The molecule has 1 heterocycles. The zero-order valence-corrected chi connectivity index (χ0v) is 13.1. The van der Waals surface area contributed by atoms with Crippen LogP contribution < -0.4 is 5.56 Å². The number of rotatable bonds is 4. The van der Waals surface area contributed by atoms with Crippen molar-refractivity contribution in [1.29, 1.82) is 5.26 Å². The van der Waals surface area contributed by atoms with Crippen LogP contribution >= 0.6 is 11.6 Å². The van der Waals surface area contributed by atoms with Crippen LogP contribution in [0.25, 0.3) is 11.1 Å². The van der Waals surface area contributed by atoms with E-state index in [2.05, 4.69) is 0 Å². The zero-order valence-electron chi connectivity index (χ0n) is 12.3. The fourth-order valence-corrected chi connectivity index (χ4v) is 2.40. The van der Waals surface area contributed by atoms with Crippen molar-refractivity contribution in [2.75, 3.05) is 0 Å². The predicted octanol–water partition coefficient (Wildman–Crippen LogP) is 3.62. The Bertz CT molecular complexity index is 903. The van der Waals surface area contributed by atoms with Gasteiger partial charge >= 0.3 is 5.97 Å². The number of hydrogen-bond acceptors (Lipinski definition) is 3. The first kappa shape index (κ1) is 17.6. The molecule has 1 aromatic carbocycles. The van der Waals surface area contributed by atoms with Gasteiger partial charge in [0.25, 0.3) is 12.0 Å². The van der Waals surface area contributed by atoms with E-state index in [-0.39, 0.29) is 21.7 Å². The molecule has 0 saturated heterocycles. The summed E-state index contributed by atoms with van der Waals surface area (Å²) in [6.07, 6.45) is -2.17. The standard InChI is InChI=1S/C16H11ClF2N2O3/c1-8(16(23)24)21-7-13(15(18)19)12(5-14(21)22)11-4-10(17)3-2-9(11)6-20/h2-5,7-8,15H,1H3,(H,23,24). The Morgan fingerprint density at radius 3 is 2.54 bits per heavy atom. The van der Waals surface area contributed by atoms with Gasteiger partial charge in [0.1, 0.15) is 6.04 Å². The summed E-state index contributed by atoms with van der Waals surface area (Å²) < 4.78 is 27.6. The minimum Gasteiger partial charge on any atom is -0.480 e. The Morgan fingerprint density at radius 2 is 2.00 bits per heavy atom. The van der Waals surface area contributed by atoms with Crippen LogP contribution in [0, 0.1) is 11.3 Å². The molecule has 8 heteroatoms. The van der Waals surface area contributed by atoms with E-state index in [4.69, 9.17) is 22.0 Å². The number of carboxylic acid groups (broad SMARTS) is 1. The van der Waals surface area contributed by atoms with Gasteiger partial charge in [-0.3, -0.25) is 4.79 Å². The van der Waals surface area contributed by atoms with Crippen molar-refractivity contribution in [3.8, 4) is 17.2 Å². The third kappa shape index (κ3) is 3.29. The average molecular weight is 353 g/mol. The van der Waals surface area contributed by atoms with Crippen molar-refractivity contribution < 1.29 is 18.7 Å². The first-order chi connectivity index (χ1) is 11.3. The SMILES string of the molecule is CC(C(=O)O)n1cc(C(F)F)c(-c2cc(Cl)ccc2C#N)cc1=O. The van der Waals surface area contributed by atoms with Crippen molar-refractivity contribution >= 4 is 17.6 Å². The number of carboxylic acids is 1. The highest BCUT2D eigenvalue weighted by Crippen LogP contribution is 2.33. The second-order valence-corrected chi connectivity index (χ2v) is 5.44. The molecule has 0 saturated carbocycles. The molecule has 5 nitrogen and oxygen atoms in total. The fourth-order valence-electron chi connectivity index (χ4n) is 2.23. The number of aromatic nitrogens is 1. The molecule has 0 radical (unpaired) electrons. The van der Waals surface area contributed by atoms with E-state index in [0.29, 0.717) is 4.57 Å². The summed E-state index contributed by atoms with van der Waals surface area (Å²) in [7, 11) is 0. The van der Waals surface area contributed by atoms with Crippen molar-refractivity contribution in [2.24, 2.45) is 0 Å². The lowest BCUT2D eigenvalue weighted by molar-refractivity contribution is -0.140. The van der Waals surface area contributed by atoms with Crippen LogP contribution in [0.3, 0.4) is 0 Å². The zero-order chi connectivity index (χ0) is 18.0. The molecule has 24 heavy (non-hydrogen) atoms. The number of hydrogen-bond donors (Lipinski definition) is 1. The number of nitrogens with zero attached hydrogens (tertiary/aromatic N) is 2. The summed E-state index contributed by atoms with van der Waals surface area (Å²) in [6.45, 7) is 1.21. The number of aliphatic carboxylic acids is 1. The van der Waals surface area contributed by atoms with Gasteiger partial charge in [-0.05, 0) is 30.7 Å². The topological polar surface area (TPSA) is 83.1 Å². The molecule has 1 unspecified atom stereocenters. The molecule has 0 aliphatic heterocycles. The number of carbonyl (C=O) groups is 1. The van der Waals surface area contributed by atoms with Crippen LogP contribution in [0.5, 0.6) is 0 Å². The normalized spacial score (nSPS) is 12.0. The van der Waals surface area contributed by atoms with Gasteiger partial charge in [0.05, 0.1) is 11.6 Å². The number of nitriles is 1. The highest BCUT2D eigenvalue weighted by atomic mass is 35.5. The molecule has 0 bridgehead atoms. The molecular formula is C16H11ClF2N2O3. The molecule has 0 aliphatic rings. The van der Waals surface area contributed by atoms with Crippen LogP contribution in [-0.4, -0.2) is 15.6 Å². The quantitative estimate of drug-likeness (QED) is 0.910. The number of alkyl halides is 2. The Hall–Kier alpha value is -2.72. The molecule has 2 aromatic rings. The van der Waals surface area contributed by atoms with Crippen molar-refractivity contribution in [2.45, 2.75) is 19.4 Å². The second kappa shape index (κ2) is 6.81. The van der Waals surface area contributed by atoms with Crippen molar-refractivity contribution in [3.63, 3.8) is 0 Å². The summed E-state index contributed by atoms with van der Waals surface area (Å²) in [5, 5.41) is 18.3. The van der Waals surface area contributed by atoms with Gasteiger partial charge in [-0.15, -0.1) is 0 Å². The van der Waals surface area contributed by atoms with Crippen LogP contribution in [0.1, 0.15) is 30.5 Å². The summed E-state index contributed by atoms with van der Waals surface area (Å²) in [4.78, 5) is 23.2. The molecule has 0 aliphatic carbocycles. The van der Waals surface area contributed by atoms with Crippen molar-refractivity contribution in [1.82, 2.24) is 4.57 Å². The maximum absolute atomic E-state index is 13.4. The third-order valence-corrected chi connectivity index (χ3v) is 3.75. The largest absolute Gasteiger partial charge is 0.480 e. The van der Waals surface area contributed by atoms with Crippen molar-refractivity contribution in [3.05, 3.63) is 57.0 Å². The first-order valence-electron chi connectivity index (χ1n) is 6.73.